The number of anilines is 1. The third-order valence-corrected chi connectivity index (χ3v) is 3.18. The van der Waals surface area contributed by atoms with E-state index in [0.29, 0.717) is 19.5 Å². The van der Waals surface area contributed by atoms with Crippen molar-refractivity contribution in [1.82, 2.24) is 15.3 Å². The molecule has 0 fully saturated rings. The predicted molar refractivity (Wildman–Crippen MR) is 83.5 cm³/mol. The Morgan fingerprint density at radius 3 is 2.77 bits per heavy atom. The summed E-state index contributed by atoms with van der Waals surface area (Å²) in [6.45, 7) is 0.805. The maximum atomic E-state index is 11.7. The Bertz CT molecular complexity index is 611. The molecular formula is C15H20N4O3. The van der Waals surface area contributed by atoms with E-state index in [-0.39, 0.29) is 5.91 Å². The number of aromatic nitrogens is 2. The standard InChI is InChI=1S/C15H20N4O3/c1-21-14(22-2)9-17-13(20)7-8-16-15-11-5-3-4-6-12(11)18-10-19-15/h3-6,10,14H,7-9H2,1-2H3,(H,17,20)(H,16,18,19). The van der Waals surface area contributed by atoms with E-state index in [4.69, 9.17) is 9.47 Å². The third kappa shape index (κ3) is 4.37. The summed E-state index contributed by atoms with van der Waals surface area (Å²) in [7, 11) is 3.06. The van der Waals surface area contributed by atoms with Crippen LogP contribution in [0, 0.1) is 0 Å². The van der Waals surface area contributed by atoms with Crippen molar-refractivity contribution in [1.29, 1.82) is 0 Å². The first-order chi connectivity index (χ1) is 10.7. The Balaban J connectivity index is 1.81. The summed E-state index contributed by atoms with van der Waals surface area (Å²) in [5, 5.41) is 6.84. The SMILES string of the molecule is COC(CNC(=O)CCNc1ncnc2ccccc12)OC. The number of hydrogen-bond donors (Lipinski definition) is 2. The molecule has 118 valence electrons. The van der Waals surface area contributed by atoms with Crippen LogP contribution in [0.15, 0.2) is 30.6 Å². The van der Waals surface area contributed by atoms with E-state index in [0.717, 1.165) is 16.7 Å². The second-order valence-corrected chi connectivity index (χ2v) is 4.62. The molecule has 22 heavy (non-hydrogen) atoms. The summed E-state index contributed by atoms with van der Waals surface area (Å²) < 4.78 is 10.0. The Morgan fingerprint density at radius 2 is 2.00 bits per heavy atom. The van der Waals surface area contributed by atoms with Gasteiger partial charge in [-0.2, -0.15) is 0 Å². The number of amides is 1. The van der Waals surface area contributed by atoms with Crippen molar-refractivity contribution in [2.75, 3.05) is 32.6 Å². The summed E-state index contributed by atoms with van der Waals surface area (Å²) in [5.41, 5.74) is 0.868. The lowest BCUT2D eigenvalue weighted by molar-refractivity contribution is -0.127. The van der Waals surface area contributed by atoms with Crippen molar-refractivity contribution in [2.45, 2.75) is 12.7 Å². The van der Waals surface area contributed by atoms with Gasteiger partial charge in [-0.1, -0.05) is 12.1 Å². The minimum absolute atomic E-state index is 0.0787. The number of rotatable bonds is 8. The van der Waals surface area contributed by atoms with Gasteiger partial charge in [-0.05, 0) is 12.1 Å². The Morgan fingerprint density at radius 1 is 1.23 bits per heavy atom. The number of carbonyl (C=O) groups is 1. The van der Waals surface area contributed by atoms with Gasteiger partial charge in [0.2, 0.25) is 5.91 Å². The lowest BCUT2D eigenvalue weighted by Gasteiger charge is -2.14. The van der Waals surface area contributed by atoms with Gasteiger partial charge < -0.3 is 20.1 Å². The molecule has 7 heteroatoms. The molecule has 2 aromatic rings. The summed E-state index contributed by atoms with van der Waals surface area (Å²) in [6, 6.07) is 7.72. The Hall–Kier alpha value is -2.25. The average Bonchev–Trinajstić information content (AvgIpc) is 2.56. The number of ether oxygens (including phenoxy) is 2. The van der Waals surface area contributed by atoms with Gasteiger partial charge in [0.05, 0.1) is 12.1 Å². The van der Waals surface area contributed by atoms with Crippen molar-refractivity contribution in [3.8, 4) is 0 Å². The molecule has 0 bridgehead atoms. The normalized spacial score (nSPS) is 10.9. The Labute approximate surface area is 129 Å². The topological polar surface area (TPSA) is 85.4 Å². The number of fused-ring (bicyclic) bond motifs is 1. The van der Waals surface area contributed by atoms with Crippen LogP contribution in [0.3, 0.4) is 0 Å². The molecule has 0 saturated heterocycles. The van der Waals surface area contributed by atoms with Crippen LogP contribution in [0.1, 0.15) is 6.42 Å². The molecule has 0 spiro atoms. The first kappa shape index (κ1) is 16.1. The molecule has 7 nitrogen and oxygen atoms in total. The van der Waals surface area contributed by atoms with Crippen LogP contribution in [0.5, 0.6) is 0 Å². The smallest absolute Gasteiger partial charge is 0.221 e. The van der Waals surface area contributed by atoms with Gasteiger partial charge in [-0.15, -0.1) is 0 Å². The van der Waals surface area contributed by atoms with E-state index in [1.165, 1.54) is 20.5 Å². The van der Waals surface area contributed by atoms with Gasteiger partial charge in [-0.3, -0.25) is 4.79 Å². The second-order valence-electron chi connectivity index (χ2n) is 4.62. The number of benzene rings is 1. The molecular weight excluding hydrogens is 284 g/mol. The van der Waals surface area contributed by atoms with E-state index in [1.807, 2.05) is 24.3 Å². The van der Waals surface area contributed by atoms with E-state index in [2.05, 4.69) is 20.6 Å². The number of methoxy groups -OCH3 is 2. The van der Waals surface area contributed by atoms with E-state index in [1.54, 1.807) is 0 Å². The predicted octanol–water partition coefficient (Wildman–Crippen LogP) is 1.17. The molecule has 1 aromatic heterocycles. The molecule has 2 rings (SSSR count). The molecule has 1 heterocycles. The van der Waals surface area contributed by atoms with Crippen molar-refractivity contribution < 1.29 is 14.3 Å². The van der Waals surface area contributed by atoms with Crippen LogP contribution in [0.2, 0.25) is 0 Å². The van der Waals surface area contributed by atoms with Gasteiger partial charge in [-0.25, -0.2) is 9.97 Å². The largest absolute Gasteiger partial charge is 0.369 e. The molecule has 0 saturated carbocycles. The summed E-state index contributed by atoms with van der Waals surface area (Å²) in [5.74, 6) is 0.648. The van der Waals surface area contributed by atoms with Crippen molar-refractivity contribution in [2.24, 2.45) is 0 Å². The van der Waals surface area contributed by atoms with Crippen LogP contribution in [0.25, 0.3) is 10.9 Å². The van der Waals surface area contributed by atoms with Gasteiger partial charge in [0.1, 0.15) is 12.1 Å². The number of para-hydroxylation sites is 1. The maximum absolute atomic E-state index is 11.7. The zero-order valence-electron chi connectivity index (χ0n) is 12.7. The molecule has 0 aliphatic carbocycles. The lowest BCUT2D eigenvalue weighted by Crippen LogP contribution is -2.34. The molecule has 0 aliphatic heterocycles. The molecule has 2 N–H and O–H groups in total. The molecule has 1 amide bonds. The fraction of sp³-hybridized carbons (Fsp3) is 0.400. The van der Waals surface area contributed by atoms with Crippen LogP contribution < -0.4 is 10.6 Å². The van der Waals surface area contributed by atoms with E-state index in [9.17, 15) is 4.79 Å². The molecule has 0 radical (unpaired) electrons. The summed E-state index contributed by atoms with van der Waals surface area (Å²) in [4.78, 5) is 20.1. The van der Waals surface area contributed by atoms with Crippen LogP contribution >= 0.6 is 0 Å². The average molecular weight is 304 g/mol. The van der Waals surface area contributed by atoms with Gasteiger partial charge in [0.15, 0.2) is 6.29 Å². The number of nitrogens with zero attached hydrogens (tertiary/aromatic N) is 2. The molecule has 0 unspecified atom stereocenters. The highest BCUT2D eigenvalue weighted by atomic mass is 16.7. The number of carbonyl (C=O) groups excluding carboxylic acids is 1. The monoisotopic (exact) mass is 304 g/mol. The van der Waals surface area contributed by atoms with E-state index >= 15 is 0 Å². The lowest BCUT2D eigenvalue weighted by atomic mass is 10.2. The molecule has 0 atom stereocenters. The van der Waals surface area contributed by atoms with Gasteiger partial charge in [0, 0.05) is 32.6 Å². The summed E-state index contributed by atoms with van der Waals surface area (Å²) >= 11 is 0. The molecule has 0 aliphatic rings. The molecule has 1 aromatic carbocycles. The minimum atomic E-state index is -0.428. The van der Waals surface area contributed by atoms with Crippen molar-refractivity contribution >= 4 is 22.6 Å². The van der Waals surface area contributed by atoms with Crippen LogP contribution in [-0.2, 0) is 14.3 Å². The zero-order chi connectivity index (χ0) is 15.8. The minimum Gasteiger partial charge on any atom is -0.369 e. The van der Waals surface area contributed by atoms with Crippen LogP contribution in [-0.4, -0.2) is 49.5 Å². The first-order valence-corrected chi connectivity index (χ1v) is 7.00. The fourth-order valence-electron chi connectivity index (χ4n) is 1.99. The van der Waals surface area contributed by atoms with Gasteiger partial charge in [0.25, 0.3) is 0 Å². The Kier molecular flexibility index (Phi) is 6.05. The third-order valence-electron chi connectivity index (χ3n) is 3.18. The highest BCUT2D eigenvalue weighted by Gasteiger charge is 2.08. The highest BCUT2D eigenvalue weighted by molar-refractivity contribution is 5.88. The zero-order valence-corrected chi connectivity index (χ0v) is 12.7. The van der Waals surface area contributed by atoms with Gasteiger partial charge >= 0.3 is 0 Å². The number of nitrogens with one attached hydrogen (secondary N) is 2. The fourth-order valence-corrected chi connectivity index (χ4v) is 1.99. The van der Waals surface area contributed by atoms with Crippen molar-refractivity contribution in [3.63, 3.8) is 0 Å². The highest BCUT2D eigenvalue weighted by Crippen LogP contribution is 2.17. The van der Waals surface area contributed by atoms with E-state index < -0.39 is 6.29 Å². The summed E-state index contributed by atoms with van der Waals surface area (Å²) in [6.07, 6.45) is 1.41. The second kappa shape index (κ2) is 8.26. The van der Waals surface area contributed by atoms with Crippen molar-refractivity contribution in [3.05, 3.63) is 30.6 Å². The van der Waals surface area contributed by atoms with Crippen LogP contribution in [0.4, 0.5) is 5.82 Å². The number of hydrogen-bond acceptors (Lipinski definition) is 6. The maximum Gasteiger partial charge on any atom is 0.221 e. The quantitative estimate of drug-likeness (QED) is 0.712. The first-order valence-electron chi connectivity index (χ1n) is 7.00.